The monoisotopic (exact) mass is 366 g/mol. The molecular formula is C16H20N3O7. The van der Waals surface area contributed by atoms with Gasteiger partial charge in [0.15, 0.2) is 11.5 Å². The van der Waals surface area contributed by atoms with Gasteiger partial charge in [0.1, 0.15) is 6.10 Å². The number of hydrogen-bond acceptors (Lipinski definition) is 8. The number of ether oxygens (including phenoxy) is 3. The summed E-state index contributed by atoms with van der Waals surface area (Å²) in [6.45, 7) is 1.93. The molecule has 10 nitrogen and oxygen atoms in total. The van der Waals surface area contributed by atoms with Crippen molar-refractivity contribution in [3.05, 3.63) is 27.8 Å². The number of alkyl carbamates (subject to hydrolysis) is 1. The van der Waals surface area contributed by atoms with Crippen molar-refractivity contribution in [1.82, 2.24) is 5.32 Å². The maximum absolute atomic E-state index is 12.0. The molecule has 10 heteroatoms. The summed E-state index contributed by atoms with van der Waals surface area (Å²) in [7, 11) is 0. The van der Waals surface area contributed by atoms with Crippen molar-refractivity contribution < 1.29 is 28.7 Å². The van der Waals surface area contributed by atoms with Crippen molar-refractivity contribution in [2.75, 3.05) is 13.3 Å². The fourth-order valence-corrected chi connectivity index (χ4v) is 2.48. The Hall–Kier alpha value is -2.88. The Labute approximate surface area is 149 Å². The molecule has 1 heterocycles. The zero-order chi connectivity index (χ0) is 19.1. The zero-order valence-electron chi connectivity index (χ0n) is 14.2. The van der Waals surface area contributed by atoms with Crippen LogP contribution >= 0.6 is 0 Å². The molecule has 0 saturated carbocycles. The summed E-state index contributed by atoms with van der Waals surface area (Å²) in [5.74, 6) is 0.593. The minimum absolute atomic E-state index is 0.0364. The van der Waals surface area contributed by atoms with Crippen LogP contribution in [0.2, 0.25) is 0 Å². The average Bonchev–Trinajstić information content (AvgIpc) is 3.07. The number of rotatable bonds is 9. The zero-order valence-corrected chi connectivity index (χ0v) is 14.2. The molecule has 1 aromatic rings. The first-order chi connectivity index (χ1) is 12.5. The second-order valence-corrected chi connectivity index (χ2v) is 5.67. The number of fused-ring (bicyclic) bond motifs is 1. The number of hydrogen-bond donors (Lipinski definition) is 2. The fourth-order valence-electron chi connectivity index (χ4n) is 2.48. The van der Waals surface area contributed by atoms with Crippen molar-refractivity contribution >= 4 is 18.1 Å². The van der Waals surface area contributed by atoms with E-state index in [4.69, 9.17) is 19.9 Å². The standard InChI is InChI=1S/C16H20N3O7/c1-10(26-16(21)18-11(8-20)4-2-3-5-17)12-6-14-15(25-9-24-14)7-13(12)19(22)23/h6-7,10-11H,2-5,9,17H2,1H3,(H,18,21)/t10?,11-/m0/s1. The lowest BCUT2D eigenvalue weighted by atomic mass is 10.1. The molecule has 1 unspecified atom stereocenters. The number of carbonyl (C=O) groups excluding carboxylic acids is 2. The fraction of sp³-hybridized carbons (Fsp3) is 0.500. The SMILES string of the molecule is CC(OC(=O)N[C@H]([C]=O)CCCCN)c1cc2c(cc1[N+](=O)[O-])OCO2. The summed E-state index contributed by atoms with van der Waals surface area (Å²) >= 11 is 0. The van der Waals surface area contributed by atoms with Gasteiger partial charge in [-0.25, -0.2) is 4.79 Å². The Balaban J connectivity index is 2.04. The van der Waals surface area contributed by atoms with Crippen LogP contribution in [-0.2, 0) is 9.53 Å². The highest BCUT2D eigenvalue weighted by molar-refractivity contribution is 5.73. The average molecular weight is 366 g/mol. The molecule has 1 radical (unpaired) electrons. The third-order valence-corrected chi connectivity index (χ3v) is 3.82. The van der Waals surface area contributed by atoms with Gasteiger partial charge in [-0.3, -0.25) is 14.9 Å². The first kappa shape index (κ1) is 19.4. The molecule has 2 atom stereocenters. The van der Waals surface area contributed by atoms with Gasteiger partial charge in [0.05, 0.1) is 22.6 Å². The van der Waals surface area contributed by atoms with E-state index >= 15 is 0 Å². The maximum atomic E-state index is 12.0. The van der Waals surface area contributed by atoms with E-state index in [1.807, 2.05) is 0 Å². The highest BCUT2D eigenvalue weighted by atomic mass is 16.7. The van der Waals surface area contributed by atoms with Gasteiger partial charge in [-0.2, -0.15) is 0 Å². The molecule has 0 saturated heterocycles. The lowest BCUT2D eigenvalue weighted by Gasteiger charge is -2.17. The normalized spacial score (nSPS) is 14.4. The van der Waals surface area contributed by atoms with Gasteiger partial charge in [-0.1, -0.05) is 0 Å². The smallest absolute Gasteiger partial charge is 0.408 e. The molecule has 1 aliphatic rings. The molecule has 1 amide bonds. The summed E-state index contributed by atoms with van der Waals surface area (Å²) in [4.78, 5) is 33.6. The van der Waals surface area contributed by atoms with Gasteiger partial charge >= 0.3 is 6.09 Å². The molecule has 1 aromatic carbocycles. The minimum atomic E-state index is -0.943. The number of nitrogens with zero attached hydrogens (tertiary/aromatic N) is 1. The minimum Gasteiger partial charge on any atom is -0.454 e. The van der Waals surface area contributed by atoms with Gasteiger partial charge in [0, 0.05) is 0 Å². The third-order valence-electron chi connectivity index (χ3n) is 3.82. The number of unbranched alkanes of at least 4 members (excludes halogenated alkanes) is 1. The molecule has 3 N–H and O–H groups in total. The van der Waals surface area contributed by atoms with Crippen molar-refractivity contribution in [3.63, 3.8) is 0 Å². The van der Waals surface area contributed by atoms with Gasteiger partial charge in [-0.05, 0) is 38.8 Å². The van der Waals surface area contributed by atoms with E-state index in [0.29, 0.717) is 31.6 Å². The van der Waals surface area contributed by atoms with E-state index in [1.165, 1.54) is 19.1 Å². The van der Waals surface area contributed by atoms with Crippen molar-refractivity contribution in [1.29, 1.82) is 0 Å². The van der Waals surface area contributed by atoms with Crippen molar-refractivity contribution in [2.24, 2.45) is 5.73 Å². The number of nitrogens with two attached hydrogens (primary N) is 1. The van der Waals surface area contributed by atoms with Gasteiger partial charge < -0.3 is 25.3 Å². The molecular weight excluding hydrogens is 346 g/mol. The number of carbonyl (C=O) groups is 1. The summed E-state index contributed by atoms with van der Waals surface area (Å²) < 4.78 is 15.5. The first-order valence-corrected chi connectivity index (χ1v) is 8.09. The Morgan fingerprint density at radius 1 is 1.42 bits per heavy atom. The second kappa shape index (κ2) is 8.99. The van der Waals surface area contributed by atoms with Gasteiger partial charge in [0.2, 0.25) is 13.1 Å². The molecule has 0 spiro atoms. The summed E-state index contributed by atoms with van der Waals surface area (Å²) in [6, 6.07) is 1.81. The van der Waals surface area contributed by atoms with E-state index in [0.717, 1.165) is 0 Å². The predicted octanol–water partition coefficient (Wildman–Crippen LogP) is 1.72. The Bertz CT molecular complexity index is 680. The van der Waals surface area contributed by atoms with Crippen molar-refractivity contribution in [2.45, 2.75) is 38.3 Å². The van der Waals surface area contributed by atoms with Crippen LogP contribution in [0, 0.1) is 10.1 Å². The molecule has 26 heavy (non-hydrogen) atoms. The largest absolute Gasteiger partial charge is 0.454 e. The van der Waals surface area contributed by atoms with Crippen LogP contribution in [-0.4, -0.2) is 36.7 Å². The molecule has 141 valence electrons. The summed E-state index contributed by atoms with van der Waals surface area (Å²) in [5, 5.41) is 13.7. The number of nitro groups is 1. The topological polar surface area (TPSA) is 143 Å². The second-order valence-electron chi connectivity index (χ2n) is 5.67. The molecule has 0 aliphatic carbocycles. The van der Waals surface area contributed by atoms with Crippen LogP contribution < -0.4 is 20.5 Å². The number of nitrogens with one attached hydrogen (secondary N) is 1. The highest BCUT2D eigenvalue weighted by Crippen LogP contribution is 2.40. The van der Waals surface area contributed by atoms with Crippen LogP contribution in [0.3, 0.4) is 0 Å². The summed E-state index contributed by atoms with van der Waals surface area (Å²) in [6.07, 6.45) is 1.66. The molecule has 1 aliphatic heterocycles. The van der Waals surface area contributed by atoms with Crippen molar-refractivity contribution in [3.8, 4) is 11.5 Å². The van der Waals surface area contributed by atoms with Crippen LogP contribution in [0.5, 0.6) is 11.5 Å². The number of nitro benzene ring substituents is 1. The molecule has 0 bridgehead atoms. The number of amides is 1. The third kappa shape index (κ3) is 4.82. The Morgan fingerprint density at radius 3 is 2.73 bits per heavy atom. The highest BCUT2D eigenvalue weighted by Gasteiger charge is 2.28. The first-order valence-electron chi connectivity index (χ1n) is 8.09. The van der Waals surface area contributed by atoms with Crippen LogP contribution in [0.1, 0.15) is 37.9 Å². The molecule has 0 fully saturated rings. The lowest BCUT2D eigenvalue weighted by Crippen LogP contribution is -2.36. The van der Waals surface area contributed by atoms with Crippen LogP contribution in [0.25, 0.3) is 0 Å². The molecule has 2 rings (SSSR count). The van der Waals surface area contributed by atoms with E-state index in [9.17, 15) is 19.7 Å². The summed E-state index contributed by atoms with van der Waals surface area (Å²) in [5.41, 5.74) is 5.28. The lowest BCUT2D eigenvalue weighted by molar-refractivity contribution is -0.386. The Morgan fingerprint density at radius 2 is 2.12 bits per heavy atom. The number of benzene rings is 1. The van der Waals surface area contributed by atoms with Gasteiger partial charge in [0.25, 0.3) is 5.69 Å². The van der Waals surface area contributed by atoms with E-state index < -0.39 is 23.2 Å². The quantitative estimate of drug-likeness (QED) is 0.382. The van der Waals surface area contributed by atoms with Crippen LogP contribution in [0.15, 0.2) is 12.1 Å². The van der Waals surface area contributed by atoms with E-state index in [2.05, 4.69) is 5.32 Å². The van der Waals surface area contributed by atoms with Gasteiger partial charge in [-0.15, -0.1) is 0 Å². The van der Waals surface area contributed by atoms with E-state index in [-0.39, 0.29) is 23.8 Å². The van der Waals surface area contributed by atoms with Crippen LogP contribution in [0.4, 0.5) is 10.5 Å². The molecule has 0 aromatic heterocycles. The maximum Gasteiger partial charge on any atom is 0.408 e. The Kier molecular flexibility index (Phi) is 6.73. The van der Waals surface area contributed by atoms with E-state index in [1.54, 1.807) is 6.29 Å². The predicted molar refractivity (Wildman–Crippen MR) is 89.6 cm³/mol.